The Morgan fingerprint density at radius 3 is 2.59 bits per heavy atom. The molecular formula is C13H12Br2OS. The highest BCUT2D eigenvalue weighted by Crippen LogP contribution is 2.29. The van der Waals surface area contributed by atoms with Crippen LogP contribution >= 0.6 is 43.2 Å². The zero-order valence-corrected chi connectivity index (χ0v) is 13.3. The van der Waals surface area contributed by atoms with Gasteiger partial charge in [-0.05, 0) is 51.5 Å². The Balaban J connectivity index is 2.17. The quantitative estimate of drug-likeness (QED) is 0.812. The Hall–Kier alpha value is -0.160. The zero-order chi connectivity index (χ0) is 12.4. The van der Waals surface area contributed by atoms with Gasteiger partial charge >= 0.3 is 0 Å². The van der Waals surface area contributed by atoms with Gasteiger partial charge in [-0.15, -0.1) is 11.3 Å². The molecule has 0 radical (unpaired) electrons. The number of hydrogen-bond donors (Lipinski definition) is 1. The lowest BCUT2D eigenvalue weighted by Crippen LogP contribution is -2.01. The van der Waals surface area contributed by atoms with E-state index in [1.165, 1.54) is 10.4 Å². The molecule has 0 amide bonds. The summed E-state index contributed by atoms with van der Waals surface area (Å²) in [5.74, 6) is 0. The highest BCUT2D eigenvalue weighted by Gasteiger charge is 2.12. The highest BCUT2D eigenvalue weighted by atomic mass is 79.9. The molecule has 0 aliphatic heterocycles. The lowest BCUT2D eigenvalue weighted by molar-refractivity contribution is 0.179. The first-order chi connectivity index (χ1) is 8.08. The minimum absolute atomic E-state index is 0.457. The molecular weight excluding hydrogens is 364 g/mol. The van der Waals surface area contributed by atoms with Crippen LogP contribution in [0.3, 0.4) is 0 Å². The third-order valence-corrected chi connectivity index (χ3v) is 5.45. The van der Waals surface area contributed by atoms with Crippen molar-refractivity contribution in [3.05, 3.63) is 54.6 Å². The summed E-state index contributed by atoms with van der Waals surface area (Å²) in [7, 11) is 0. The van der Waals surface area contributed by atoms with Gasteiger partial charge in [-0.1, -0.05) is 28.1 Å². The number of thiophene rings is 1. The monoisotopic (exact) mass is 374 g/mol. The predicted octanol–water partition coefficient (Wildman–Crippen LogP) is 4.86. The van der Waals surface area contributed by atoms with Crippen LogP contribution in [0.2, 0.25) is 0 Å². The van der Waals surface area contributed by atoms with Crippen molar-refractivity contribution < 1.29 is 5.11 Å². The summed E-state index contributed by atoms with van der Waals surface area (Å²) in [6.07, 6.45) is 0.190. The predicted molar refractivity (Wildman–Crippen MR) is 79.6 cm³/mol. The molecule has 0 saturated carbocycles. The number of halogens is 2. The molecule has 1 heterocycles. The molecule has 1 N–H and O–H groups in total. The molecule has 1 atom stereocenters. The van der Waals surface area contributed by atoms with E-state index < -0.39 is 6.10 Å². The Morgan fingerprint density at radius 1 is 1.24 bits per heavy atom. The first-order valence-corrected chi connectivity index (χ1v) is 7.70. The molecule has 1 nitrogen and oxygen atoms in total. The van der Waals surface area contributed by atoms with Crippen molar-refractivity contribution >= 4 is 43.2 Å². The summed E-state index contributed by atoms with van der Waals surface area (Å²) in [4.78, 5) is 1.18. The molecule has 0 fully saturated rings. The van der Waals surface area contributed by atoms with E-state index in [2.05, 4.69) is 31.9 Å². The Labute approximate surface area is 122 Å². The van der Waals surface area contributed by atoms with E-state index in [4.69, 9.17) is 0 Å². The van der Waals surface area contributed by atoms with Crippen LogP contribution in [0.4, 0.5) is 0 Å². The maximum atomic E-state index is 10.2. The maximum Gasteiger partial charge on any atom is 0.0839 e. The van der Waals surface area contributed by atoms with Crippen molar-refractivity contribution in [2.75, 3.05) is 0 Å². The second-order valence-corrected chi connectivity index (χ2v) is 6.63. The van der Waals surface area contributed by atoms with E-state index in [9.17, 15) is 5.11 Å². The van der Waals surface area contributed by atoms with Gasteiger partial charge in [0.1, 0.15) is 0 Å². The van der Waals surface area contributed by atoms with Crippen LogP contribution in [-0.4, -0.2) is 5.11 Å². The first kappa shape index (κ1) is 13.3. The lowest BCUT2D eigenvalue weighted by atomic mass is 10.0. The number of aliphatic hydroxyl groups excluding tert-OH is 1. The number of aryl methyl sites for hydroxylation is 1. The van der Waals surface area contributed by atoms with Crippen LogP contribution in [0, 0.1) is 6.92 Å². The third-order valence-electron chi connectivity index (χ3n) is 2.65. The van der Waals surface area contributed by atoms with Crippen molar-refractivity contribution in [3.63, 3.8) is 0 Å². The first-order valence-electron chi connectivity index (χ1n) is 5.24. The van der Waals surface area contributed by atoms with Gasteiger partial charge in [-0.2, -0.15) is 0 Å². The summed E-state index contributed by atoms with van der Waals surface area (Å²) in [5.41, 5.74) is 2.13. The summed E-state index contributed by atoms with van der Waals surface area (Å²) >= 11 is 8.63. The summed E-state index contributed by atoms with van der Waals surface area (Å²) in [6.45, 7) is 2.04. The van der Waals surface area contributed by atoms with Crippen molar-refractivity contribution in [1.82, 2.24) is 0 Å². The third kappa shape index (κ3) is 3.19. The number of rotatable bonds is 3. The summed E-state index contributed by atoms with van der Waals surface area (Å²) in [5, 5.41) is 12.2. The molecule has 1 aromatic carbocycles. The van der Waals surface area contributed by atoms with E-state index in [1.807, 2.05) is 36.6 Å². The Morgan fingerprint density at radius 2 is 2.00 bits per heavy atom. The van der Waals surface area contributed by atoms with Crippen LogP contribution in [0.1, 0.15) is 22.1 Å². The SMILES string of the molecule is Cc1ccc(C(O)Cc2sccc2Br)cc1Br. The van der Waals surface area contributed by atoms with Crippen molar-refractivity contribution in [2.24, 2.45) is 0 Å². The molecule has 0 aliphatic rings. The molecule has 17 heavy (non-hydrogen) atoms. The maximum absolute atomic E-state index is 10.2. The molecule has 4 heteroatoms. The minimum atomic E-state index is -0.457. The van der Waals surface area contributed by atoms with Crippen molar-refractivity contribution in [1.29, 1.82) is 0 Å². The fourth-order valence-electron chi connectivity index (χ4n) is 1.58. The molecule has 0 saturated heterocycles. The van der Waals surface area contributed by atoms with Gasteiger partial charge in [0.2, 0.25) is 0 Å². The Bertz CT molecular complexity index is 522. The largest absolute Gasteiger partial charge is 0.388 e. The molecule has 2 rings (SSSR count). The number of hydrogen-bond acceptors (Lipinski definition) is 2. The average molecular weight is 376 g/mol. The number of aliphatic hydroxyl groups is 1. The minimum Gasteiger partial charge on any atom is -0.388 e. The van der Waals surface area contributed by atoms with E-state index in [1.54, 1.807) is 11.3 Å². The fourth-order valence-corrected chi connectivity index (χ4v) is 3.53. The standard InChI is InChI=1S/C13H12Br2OS/c1-8-2-3-9(6-11(8)15)12(16)7-13-10(14)4-5-17-13/h2-6,12,16H,7H2,1H3. The van der Waals surface area contributed by atoms with Gasteiger partial charge in [0.05, 0.1) is 6.10 Å². The molecule has 90 valence electrons. The average Bonchev–Trinajstić information content (AvgIpc) is 2.68. The molecule has 0 aliphatic carbocycles. The second kappa shape index (κ2) is 5.65. The van der Waals surface area contributed by atoms with Gasteiger partial charge in [0.15, 0.2) is 0 Å². The van der Waals surface area contributed by atoms with Gasteiger partial charge in [-0.25, -0.2) is 0 Å². The summed E-state index contributed by atoms with van der Waals surface area (Å²) in [6, 6.07) is 8.00. The van der Waals surface area contributed by atoms with Crippen LogP contribution in [-0.2, 0) is 6.42 Å². The topological polar surface area (TPSA) is 20.2 Å². The smallest absolute Gasteiger partial charge is 0.0839 e. The van der Waals surface area contributed by atoms with Crippen molar-refractivity contribution in [3.8, 4) is 0 Å². The van der Waals surface area contributed by atoms with E-state index in [0.29, 0.717) is 6.42 Å². The van der Waals surface area contributed by atoms with Gasteiger partial charge in [0.25, 0.3) is 0 Å². The van der Waals surface area contributed by atoms with Gasteiger partial charge < -0.3 is 5.11 Å². The molecule has 0 spiro atoms. The van der Waals surface area contributed by atoms with Crippen LogP contribution in [0.5, 0.6) is 0 Å². The van der Waals surface area contributed by atoms with E-state index in [-0.39, 0.29) is 0 Å². The van der Waals surface area contributed by atoms with Gasteiger partial charge in [0, 0.05) is 20.2 Å². The number of benzene rings is 1. The highest BCUT2D eigenvalue weighted by molar-refractivity contribution is 9.10. The summed E-state index contributed by atoms with van der Waals surface area (Å²) < 4.78 is 2.12. The Kier molecular flexibility index (Phi) is 4.42. The lowest BCUT2D eigenvalue weighted by Gasteiger charge is -2.11. The molecule has 0 bridgehead atoms. The molecule has 1 unspecified atom stereocenters. The zero-order valence-electron chi connectivity index (χ0n) is 9.28. The fraction of sp³-hybridized carbons (Fsp3) is 0.231. The van der Waals surface area contributed by atoms with E-state index in [0.717, 1.165) is 14.5 Å². The van der Waals surface area contributed by atoms with Crippen LogP contribution < -0.4 is 0 Å². The van der Waals surface area contributed by atoms with E-state index >= 15 is 0 Å². The van der Waals surface area contributed by atoms with Gasteiger partial charge in [-0.3, -0.25) is 0 Å². The van der Waals surface area contributed by atoms with Crippen LogP contribution in [0.25, 0.3) is 0 Å². The molecule has 2 aromatic rings. The second-order valence-electron chi connectivity index (χ2n) is 3.92. The van der Waals surface area contributed by atoms with Crippen LogP contribution in [0.15, 0.2) is 38.6 Å². The normalized spacial score (nSPS) is 12.7. The molecule has 1 aromatic heterocycles. The van der Waals surface area contributed by atoms with Crippen molar-refractivity contribution in [2.45, 2.75) is 19.4 Å².